The smallest absolute Gasteiger partial charge is 0.372 e. The second kappa shape index (κ2) is 7.99. The van der Waals surface area contributed by atoms with Gasteiger partial charge in [0.2, 0.25) is 5.91 Å². The molecule has 0 saturated heterocycles. The van der Waals surface area contributed by atoms with Crippen molar-refractivity contribution in [1.29, 1.82) is 0 Å². The molecule has 112 valence electrons. The van der Waals surface area contributed by atoms with Crippen molar-refractivity contribution >= 4 is 17.7 Å². The van der Waals surface area contributed by atoms with Gasteiger partial charge >= 0.3 is 6.18 Å². The Balaban J connectivity index is 2.13. The van der Waals surface area contributed by atoms with Crippen LogP contribution in [-0.4, -0.2) is 42.8 Å². The minimum Gasteiger partial charge on any atom is -0.372 e. The Hall–Kier alpha value is -0.430. The number of amides is 1. The molecule has 2 unspecified atom stereocenters. The number of thioether (sulfide) groups is 1. The number of halogens is 3. The van der Waals surface area contributed by atoms with Crippen LogP contribution in [0.5, 0.6) is 0 Å². The fraction of sp³-hybridized carbons (Fsp3) is 0.917. The van der Waals surface area contributed by atoms with E-state index in [1.165, 1.54) is 6.42 Å². The predicted molar refractivity (Wildman–Crippen MR) is 69.2 cm³/mol. The van der Waals surface area contributed by atoms with E-state index in [0.717, 1.165) is 19.3 Å². The summed E-state index contributed by atoms with van der Waals surface area (Å²) in [6.45, 7) is -1.48. The maximum Gasteiger partial charge on any atom is 0.411 e. The summed E-state index contributed by atoms with van der Waals surface area (Å²) in [7, 11) is 0. The fourth-order valence-electron chi connectivity index (χ4n) is 2.14. The minimum absolute atomic E-state index is 0.0173. The SMILES string of the molecule is CSC1CCCC(NC(=O)CCOCC(F)(F)F)C1. The maximum atomic E-state index is 11.8. The van der Waals surface area contributed by atoms with Gasteiger partial charge in [0.15, 0.2) is 0 Å². The largest absolute Gasteiger partial charge is 0.411 e. The molecule has 1 saturated carbocycles. The summed E-state index contributed by atoms with van der Waals surface area (Å²) in [4.78, 5) is 11.6. The molecular formula is C12H20F3NO2S. The number of carbonyl (C=O) groups excluding carboxylic acids is 1. The lowest BCUT2D eigenvalue weighted by Gasteiger charge is -2.28. The van der Waals surface area contributed by atoms with Crippen LogP contribution >= 0.6 is 11.8 Å². The lowest BCUT2D eigenvalue weighted by Crippen LogP contribution is -2.39. The van der Waals surface area contributed by atoms with E-state index >= 15 is 0 Å². The Morgan fingerprint density at radius 1 is 1.42 bits per heavy atom. The third kappa shape index (κ3) is 7.67. The molecule has 2 atom stereocenters. The Bertz CT molecular complexity index is 287. The van der Waals surface area contributed by atoms with Crippen molar-refractivity contribution in [2.24, 2.45) is 0 Å². The van der Waals surface area contributed by atoms with Gasteiger partial charge in [0.1, 0.15) is 6.61 Å². The zero-order valence-electron chi connectivity index (χ0n) is 11.0. The van der Waals surface area contributed by atoms with Crippen molar-refractivity contribution in [3.63, 3.8) is 0 Å². The van der Waals surface area contributed by atoms with Gasteiger partial charge in [0, 0.05) is 17.7 Å². The number of hydrogen-bond acceptors (Lipinski definition) is 3. The standard InChI is InChI=1S/C12H20F3NO2S/c1-19-10-4-2-3-9(7-10)16-11(17)5-6-18-8-12(13,14)15/h9-10H,2-8H2,1H3,(H,16,17). The zero-order chi connectivity index (χ0) is 14.3. The van der Waals surface area contributed by atoms with Crippen molar-refractivity contribution < 1.29 is 22.7 Å². The maximum absolute atomic E-state index is 11.8. The van der Waals surface area contributed by atoms with E-state index in [1.807, 2.05) is 0 Å². The second-order valence-electron chi connectivity index (χ2n) is 4.71. The summed E-state index contributed by atoms with van der Waals surface area (Å²) in [5, 5.41) is 3.44. The number of nitrogens with one attached hydrogen (secondary N) is 1. The number of hydrogen-bond donors (Lipinski definition) is 1. The van der Waals surface area contributed by atoms with Gasteiger partial charge in [-0.2, -0.15) is 24.9 Å². The van der Waals surface area contributed by atoms with Gasteiger partial charge in [-0.15, -0.1) is 0 Å². The molecule has 19 heavy (non-hydrogen) atoms. The molecule has 1 aliphatic rings. The van der Waals surface area contributed by atoms with Crippen LogP contribution < -0.4 is 5.32 Å². The van der Waals surface area contributed by atoms with Gasteiger partial charge < -0.3 is 10.1 Å². The van der Waals surface area contributed by atoms with E-state index in [1.54, 1.807) is 11.8 Å². The summed E-state index contributed by atoms with van der Waals surface area (Å²) < 4.78 is 39.8. The highest BCUT2D eigenvalue weighted by Crippen LogP contribution is 2.26. The Morgan fingerprint density at radius 3 is 2.79 bits per heavy atom. The Morgan fingerprint density at radius 2 is 2.16 bits per heavy atom. The average molecular weight is 299 g/mol. The first-order valence-corrected chi connectivity index (χ1v) is 7.66. The first kappa shape index (κ1) is 16.6. The van der Waals surface area contributed by atoms with Gasteiger partial charge in [0.05, 0.1) is 6.61 Å². The van der Waals surface area contributed by atoms with E-state index in [2.05, 4.69) is 16.3 Å². The van der Waals surface area contributed by atoms with Crippen LogP contribution in [0.3, 0.4) is 0 Å². The second-order valence-corrected chi connectivity index (χ2v) is 5.84. The van der Waals surface area contributed by atoms with Crippen molar-refractivity contribution in [1.82, 2.24) is 5.32 Å². The normalized spacial score (nSPS) is 24.2. The highest BCUT2D eigenvalue weighted by molar-refractivity contribution is 7.99. The van der Waals surface area contributed by atoms with Crippen molar-refractivity contribution in [3.8, 4) is 0 Å². The summed E-state index contributed by atoms with van der Waals surface area (Å²) in [5.41, 5.74) is 0. The molecule has 0 aliphatic heterocycles. The number of carbonyl (C=O) groups is 1. The van der Waals surface area contributed by atoms with Crippen molar-refractivity contribution in [2.45, 2.75) is 49.6 Å². The molecular weight excluding hydrogens is 279 g/mol. The number of alkyl halides is 3. The molecule has 1 fully saturated rings. The molecule has 7 heteroatoms. The Labute approximate surface area is 115 Å². The average Bonchev–Trinajstić information content (AvgIpc) is 2.34. The van der Waals surface area contributed by atoms with Gasteiger partial charge in [-0.05, 0) is 25.5 Å². The molecule has 1 N–H and O–H groups in total. The van der Waals surface area contributed by atoms with Crippen molar-refractivity contribution in [2.75, 3.05) is 19.5 Å². The predicted octanol–water partition coefficient (Wildman–Crippen LogP) is 2.75. The van der Waals surface area contributed by atoms with Crippen LogP contribution in [0.4, 0.5) is 13.2 Å². The van der Waals surface area contributed by atoms with Crippen LogP contribution in [-0.2, 0) is 9.53 Å². The van der Waals surface area contributed by atoms with Gasteiger partial charge in [-0.1, -0.05) is 6.42 Å². The summed E-state index contributed by atoms with van der Waals surface area (Å²) in [5.74, 6) is -0.228. The highest BCUT2D eigenvalue weighted by Gasteiger charge is 2.27. The van der Waals surface area contributed by atoms with E-state index in [4.69, 9.17) is 0 Å². The van der Waals surface area contributed by atoms with E-state index in [-0.39, 0.29) is 25.0 Å². The molecule has 1 aliphatic carbocycles. The van der Waals surface area contributed by atoms with Crippen LogP contribution in [0, 0.1) is 0 Å². The summed E-state index contributed by atoms with van der Waals surface area (Å²) >= 11 is 1.80. The van der Waals surface area contributed by atoms with Crippen molar-refractivity contribution in [3.05, 3.63) is 0 Å². The monoisotopic (exact) mass is 299 g/mol. The number of ether oxygens (including phenoxy) is 1. The first-order valence-electron chi connectivity index (χ1n) is 6.37. The highest BCUT2D eigenvalue weighted by atomic mass is 32.2. The molecule has 0 aromatic rings. The zero-order valence-corrected chi connectivity index (χ0v) is 11.8. The summed E-state index contributed by atoms with van der Waals surface area (Å²) in [6, 6.07) is 0.154. The lowest BCUT2D eigenvalue weighted by atomic mass is 9.95. The third-order valence-corrected chi connectivity index (χ3v) is 4.16. The molecule has 0 heterocycles. The van der Waals surface area contributed by atoms with Crippen LogP contribution in [0.25, 0.3) is 0 Å². The van der Waals surface area contributed by atoms with Gasteiger partial charge in [-0.3, -0.25) is 4.79 Å². The third-order valence-electron chi connectivity index (χ3n) is 3.06. The quantitative estimate of drug-likeness (QED) is 0.766. The first-order chi connectivity index (χ1) is 8.90. The van der Waals surface area contributed by atoms with Crippen LogP contribution in [0.2, 0.25) is 0 Å². The van der Waals surface area contributed by atoms with E-state index in [9.17, 15) is 18.0 Å². The molecule has 0 radical (unpaired) electrons. The molecule has 0 bridgehead atoms. The van der Waals surface area contributed by atoms with E-state index < -0.39 is 12.8 Å². The topological polar surface area (TPSA) is 38.3 Å². The molecule has 1 amide bonds. The molecule has 0 aromatic carbocycles. The summed E-state index contributed by atoms with van der Waals surface area (Å²) in [6.07, 6.45) is 1.85. The molecule has 0 aromatic heterocycles. The van der Waals surface area contributed by atoms with Gasteiger partial charge in [-0.25, -0.2) is 0 Å². The molecule has 0 spiro atoms. The van der Waals surface area contributed by atoms with Gasteiger partial charge in [0.25, 0.3) is 0 Å². The Kier molecular flexibility index (Phi) is 6.99. The van der Waals surface area contributed by atoms with E-state index in [0.29, 0.717) is 5.25 Å². The lowest BCUT2D eigenvalue weighted by molar-refractivity contribution is -0.174. The van der Waals surface area contributed by atoms with Crippen LogP contribution in [0.15, 0.2) is 0 Å². The fourth-order valence-corrected chi connectivity index (χ4v) is 2.97. The number of rotatable bonds is 6. The molecule has 3 nitrogen and oxygen atoms in total. The molecule has 1 rings (SSSR count). The van der Waals surface area contributed by atoms with Crippen LogP contribution in [0.1, 0.15) is 32.1 Å². The minimum atomic E-state index is -4.33.